The van der Waals surface area contributed by atoms with Crippen molar-refractivity contribution >= 4 is 46.8 Å². The molecule has 3 amide bonds. The minimum absolute atomic E-state index is 0.127. The molecule has 2 N–H and O–H groups in total. The number of carbonyl (C=O) groups excluding carboxylic acids is 3. The molecule has 1 aliphatic heterocycles. The molecule has 1 saturated heterocycles. The zero-order chi connectivity index (χ0) is 26.0. The summed E-state index contributed by atoms with van der Waals surface area (Å²) in [7, 11) is 0. The standard InChI is InChI=1S/C25H21F3N2O5S/c26-25(27,28)14-4-3-5-16(12-14)30-21(31)13-20(23(30)33)36-17-10-8-15(9-11-17)29-22(32)18-6-1-2-7-19(18)24(34)35/h1-5,8-12,18-20H,6-7,13H2,(H,29,32)(H,34,35)/t18-,19+,20-/m1/s1. The lowest BCUT2D eigenvalue weighted by Crippen LogP contribution is -2.34. The van der Waals surface area contributed by atoms with Crippen LogP contribution >= 0.6 is 11.8 Å². The first-order chi connectivity index (χ1) is 17.0. The van der Waals surface area contributed by atoms with Crippen molar-refractivity contribution in [3.05, 3.63) is 66.2 Å². The van der Waals surface area contributed by atoms with Crippen LogP contribution in [0.15, 0.2) is 65.6 Å². The number of halogens is 3. The van der Waals surface area contributed by atoms with E-state index in [1.165, 1.54) is 6.07 Å². The van der Waals surface area contributed by atoms with Crippen molar-refractivity contribution in [2.75, 3.05) is 10.2 Å². The van der Waals surface area contributed by atoms with Crippen LogP contribution in [0.4, 0.5) is 24.5 Å². The van der Waals surface area contributed by atoms with Crippen molar-refractivity contribution < 1.29 is 37.5 Å². The third-order valence-electron chi connectivity index (χ3n) is 6.02. The van der Waals surface area contributed by atoms with Gasteiger partial charge in [0.25, 0.3) is 0 Å². The Kier molecular flexibility index (Phi) is 7.21. The van der Waals surface area contributed by atoms with Crippen molar-refractivity contribution in [1.29, 1.82) is 0 Å². The zero-order valence-electron chi connectivity index (χ0n) is 18.7. The number of alkyl halides is 3. The largest absolute Gasteiger partial charge is 0.481 e. The number of nitrogens with one attached hydrogen (secondary N) is 1. The maximum atomic E-state index is 13.0. The second kappa shape index (κ2) is 10.2. The summed E-state index contributed by atoms with van der Waals surface area (Å²) in [4.78, 5) is 50.8. The van der Waals surface area contributed by atoms with Gasteiger partial charge in [-0.1, -0.05) is 18.2 Å². The number of thioether (sulfide) groups is 1. The number of carbonyl (C=O) groups is 4. The number of amides is 3. The molecule has 1 heterocycles. The van der Waals surface area contributed by atoms with Crippen LogP contribution in [0.1, 0.15) is 24.8 Å². The lowest BCUT2D eigenvalue weighted by molar-refractivity contribution is -0.146. The topological polar surface area (TPSA) is 104 Å². The molecule has 2 aromatic carbocycles. The van der Waals surface area contributed by atoms with Gasteiger partial charge >= 0.3 is 12.1 Å². The van der Waals surface area contributed by atoms with Gasteiger partial charge < -0.3 is 10.4 Å². The van der Waals surface area contributed by atoms with Gasteiger partial charge in [-0.25, -0.2) is 4.90 Å². The van der Waals surface area contributed by atoms with Crippen LogP contribution in [0, 0.1) is 11.8 Å². The van der Waals surface area contributed by atoms with Gasteiger partial charge in [0.1, 0.15) is 0 Å². The Labute approximate surface area is 208 Å². The van der Waals surface area contributed by atoms with E-state index in [0.717, 1.165) is 34.9 Å². The molecule has 0 saturated carbocycles. The van der Waals surface area contributed by atoms with Gasteiger partial charge in [-0.15, -0.1) is 11.8 Å². The number of hydrogen-bond donors (Lipinski definition) is 2. The van der Waals surface area contributed by atoms with E-state index >= 15 is 0 Å². The number of rotatable bonds is 6. The van der Waals surface area contributed by atoms with Crippen molar-refractivity contribution in [2.45, 2.75) is 35.6 Å². The molecule has 1 fully saturated rings. The molecule has 0 unspecified atom stereocenters. The Balaban J connectivity index is 1.41. The molecule has 7 nitrogen and oxygen atoms in total. The number of benzene rings is 2. The lowest BCUT2D eigenvalue weighted by atomic mass is 9.82. The normalized spacial score (nSPS) is 22.1. The summed E-state index contributed by atoms with van der Waals surface area (Å²) in [6.45, 7) is 0. The molecule has 2 aliphatic rings. The minimum Gasteiger partial charge on any atom is -0.481 e. The summed E-state index contributed by atoms with van der Waals surface area (Å²) in [5.74, 6) is -4.11. The van der Waals surface area contributed by atoms with Gasteiger partial charge in [-0.2, -0.15) is 13.2 Å². The number of aliphatic carboxylic acids is 1. The molecule has 3 atom stereocenters. The Morgan fingerprint density at radius 1 is 1.00 bits per heavy atom. The van der Waals surface area contributed by atoms with E-state index in [1.807, 2.05) is 0 Å². The van der Waals surface area contributed by atoms with E-state index in [9.17, 15) is 37.5 Å². The van der Waals surface area contributed by atoms with Crippen LogP contribution in [-0.4, -0.2) is 34.0 Å². The third-order valence-corrected chi connectivity index (χ3v) is 7.22. The predicted molar refractivity (Wildman–Crippen MR) is 126 cm³/mol. The average molecular weight is 519 g/mol. The van der Waals surface area contributed by atoms with Crippen LogP contribution in [0.5, 0.6) is 0 Å². The van der Waals surface area contributed by atoms with Gasteiger partial charge in [-0.05, 0) is 55.3 Å². The number of imide groups is 1. The van der Waals surface area contributed by atoms with E-state index in [0.29, 0.717) is 17.0 Å². The summed E-state index contributed by atoms with van der Waals surface area (Å²) in [5, 5.41) is 11.3. The first kappa shape index (κ1) is 25.5. The van der Waals surface area contributed by atoms with Crippen molar-refractivity contribution in [3.63, 3.8) is 0 Å². The Morgan fingerprint density at radius 2 is 1.67 bits per heavy atom. The SMILES string of the molecule is O=C(O)[C@H]1CC=CC[C@H]1C(=O)Nc1ccc(S[C@@H]2CC(=O)N(c3cccc(C(F)(F)F)c3)C2=O)cc1. The number of carboxylic acid groups (broad SMARTS) is 1. The molecular formula is C25H21F3N2O5S. The molecule has 188 valence electrons. The van der Waals surface area contributed by atoms with Gasteiger partial charge in [0.15, 0.2) is 0 Å². The van der Waals surface area contributed by atoms with Crippen molar-refractivity contribution in [3.8, 4) is 0 Å². The third kappa shape index (κ3) is 5.46. The maximum Gasteiger partial charge on any atom is 0.416 e. The van der Waals surface area contributed by atoms with Gasteiger partial charge in [-0.3, -0.25) is 19.2 Å². The molecule has 4 rings (SSSR count). The summed E-state index contributed by atoms with van der Waals surface area (Å²) < 4.78 is 39.1. The van der Waals surface area contributed by atoms with E-state index in [-0.39, 0.29) is 18.5 Å². The molecule has 2 aromatic rings. The fourth-order valence-electron chi connectivity index (χ4n) is 4.18. The first-order valence-corrected chi connectivity index (χ1v) is 11.9. The zero-order valence-corrected chi connectivity index (χ0v) is 19.5. The summed E-state index contributed by atoms with van der Waals surface area (Å²) in [6.07, 6.45) is -0.616. The molecule has 1 aliphatic carbocycles. The van der Waals surface area contributed by atoms with E-state index in [1.54, 1.807) is 36.4 Å². The van der Waals surface area contributed by atoms with E-state index in [2.05, 4.69) is 5.32 Å². The van der Waals surface area contributed by atoms with E-state index < -0.39 is 52.5 Å². The monoisotopic (exact) mass is 518 g/mol. The first-order valence-electron chi connectivity index (χ1n) is 11.0. The average Bonchev–Trinajstić information content (AvgIpc) is 3.12. The lowest BCUT2D eigenvalue weighted by Gasteiger charge is -2.24. The number of nitrogens with zero attached hydrogens (tertiary/aromatic N) is 1. The number of allylic oxidation sites excluding steroid dienone is 2. The summed E-state index contributed by atoms with van der Waals surface area (Å²) in [6, 6.07) is 10.5. The molecule has 0 aromatic heterocycles. The number of carboxylic acids is 1. The highest BCUT2D eigenvalue weighted by molar-refractivity contribution is 8.00. The smallest absolute Gasteiger partial charge is 0.416 e. The second-order valence-electron chi connectivity index (χ2n) is 8.43. The Hall–Kier alpha value is -3.60. The highest BCUT2D eigenvalue weighted by Crippen LogP contribution is 2.37. The second-order valence-corrected chi connectivity index (χ2v) is 9.71. The fraction of sp³-hybridized carbons (Fsp3) is 0.280. The molecule has 36 heavy (non-hydrogen) atoms. The van der Waals surface area contributed by atoms with Crippen LogP contribution < -0.4 is 10.2 Å². The minimum atomic E-state index is -4.60. The van der Waals surface area contributed by atoms with Crippen LogP contribution in [0.25, 0.3) is 0 Å². The predicted octanol–water partition coefficient (Wildman–Crippen LogP) is 4.74. The van der Waals surface area contributed by atoms with Gasteiger partial charge in [0.2, 0.25) is 17.7 Å². The number of hydrogen-bond acceptors (Lipinski definition) is 5. The Morgan fingerprint density at radius 3 is 2.31 bits per heavy atom. The molecule has 0 radical (unpaired) electrons. The maximum absolute atomic E-state index is 13.0. The highest BCUT2D eigenvalue weighted by Gasteiger charge is 2.41. The van der Waals surface area contributed by atoms with Crippen LogP contribution in [-0.2, 0) is 25.4 Å². The molecule has 0 spiro atoms. The number of anilines is 2. The van der Waals surface area contributed by atoms with Gasteiger partial charge in [0.05, 0.1) is 28.3 Å². The summed E-state index contributed by atoms with van der Waals surface area (Å²) in [5.41, 5.74) is -0.631. The van der Waals surface area contributed by atoms with Crippen molar-refractivity contribution in [1.82, 2.24) is 0 Å². The summed E-state index contributed by atoms with van der Waals surface area (Å²) >= 11 is 1.10. The quantitative estimate of drug-likeness (QED) is 0.423. The van der Waals surface area contributed by atoms with Gasteiger partial charge in [0, 0.05) is 17.0 Å². The van der Waals surface area contributed by atoms with E-state index in [4.69, 9.17) is 0 Å². The molecular weight excluding hydrogens is 497 g/mol. The van der Waals surface area contributed by atoms with Crippen molar-refractivity contribution in [2.24, 2.45) is 11.8 Å². The molecule has 11 heteroatoms. The Bertz CT molecular complexity index is 1230. The highest BCUT2D eigenvalue weighted by atomic mass is 32.2. The van der Waals surface area contributed by atoms with Crippen LogP contribution in [0.3, 0.4) is 0 Å². The molecule has 0 bridgehead atoms. The van der Waals surface area contributed by atoms with Crippen LogP contribution in [0.2, 0.25) is 0 Å². The fourth-order valence-corrected chi connectivity index (χ4v) is 5.24.